The maximum atomic E-state index is 12.1. The molecule has 0 spiro atoms. The summed E-state index contributed by atoms with van der Waals surface area (Å²) in [5.74, 6) is -0.439. The number of methoxy groups -OCH3 is 1. The molecule has 0 saturated heterocycles. The average molecular weight is 315 g/mol. The molecule has 2 aromatic rings. The summed E-state index contributed by atoms with van der Waals surface area (Å²) < 4.78 is 10.2. The number of carbonyl (C=O) groups excluding carboxylic acids is 2. The molecule has 0 aromatic heterocycles. The van der Waals surface area contributed by atoms with E-state index in [1.807, 2.05) is 0 Å². The molecule has 0 radical (unpaired) electrons. The number of hydrogen-bond acceptors (Lipinski definition) is 5. The molecule has 6 nitrogen and oxygen atoms in total. The highest BCUT2D eigenvalue weighted by Crippen LogP contribution is 2.17. The molecule has 120 valence electrons. The molecule has 0 aliphatic rings. The summed E-state index contributed by atoms with van der Waals surface area (Å²) in [4.78, 5) is 24.0. The third-order valence-corrected chi connectivity index (χ3v) is 3.09. The Labute approximate surface area is 133 Å². The van der Waals surface area contributed by atoms with Gasteiger partial charge < -0.3 is 19.9 Å². The summed E-state index contributed by atoms with van der Waals surface area (Å²) in [5, 5.41) is 11.8. The number of esters is 1. The Balaban J connectivity index is 1.96. The van der Waals surface area contributed by atoms with Gasteiger partial charge in [0.25, 0.3) is 5.91 Å². The molecular formula is C17H17NO5. The van der Waals surface area contributed by atoms with Crippen LogP contribution in [0.15, 0.2) is 48.5 Å². The van der Waals surface area contributed by atoms with E-state index in [0.717, 1.165) is 0 Å². The lowest BCUT2D eigenvalue weighted by molar-refractivity contribution is -0.123. The van der Waals surface area contributed by atoms with Crippen LogP contribution in [-0.2, 0) is 9.53 Å². The van der Waals surface area contributed by atoms with Gasteiger partial charge in [-0.2, -0.15) is 0 Å². The van der Waals surface area contributed by atoms with E-state index in [-0.39, 0.29) is 11.3 Å². The highest BCUT2D eigenvalue weighted by molar-refractivity contribution is 5.97. The van der Waals surface area contributed by atoms with Crippen molar-refractivity contribution >= 4 is 17.6 Å². The topological polar surface area (TPSA) is 84.9 Å². The average Bonchev–Trinajstić information content (AvgIpc) is 2.55. The number of nitrogens with one attached hydrogen (secondary N) is 1. The Kier molecular flexibility index (Phi) is 5.19. The van der Waals surface area contributed by atoms with Crippen molar-refractivity contribution in [2.45, 2.75) is 13.0 Å². The fourth-order valence-electron chi connectivity index (χ4n) is 1.82. The summed E-state index contributed by atoms with van der Waals surface area (Å²) in [6.45, 7) is 1.48. The molecule has 0 aliphatic carbocycles. The standard InChI is InChI=1S/C17H17NO5/c1-11(23-17(21)12-6-8-14(19)9-7-12)16(20)18-13-4-3-5-15(10-13)22-2/h3-11,19H,1-2H3,(H,18,20)/t11-/m0/s1. The molecule has 6 heteroatoms. The minimum Gasteiger partial charge on any atom is -0.508 e. The third-order valence-electron chi connectivity index (χ3n) is 3.09. The smallest absolute Gasteiger partial charge is 0.338 e. The lowest BCUT2D eigenvalue weighted by Gasteiger charge is -2.14. The van der Waals surface area contributed by atoms with Gasteiger partial charge in [-0.1, -0.05) is 6.07 Å². The van der Waals surface area contributed by atoms with Gasteiger partial charge in [0.05, 0.1) is 12.7 Å². The van der Waals surface area contributed by atoms with E-state index in [4.69, 9.17) is 9.47 Å². The van der Waals surface area contributed by atoms with Gasteiger partial charge in [0, 0.05) is 11.8 Å². The van der Waals surface area contributed by atoms with Crippen LogP contribution < -0.4 is 10.1 Å². The van der Waals surface area contributed by atoms with Crippen LogP contribution in [-0.4, -0.2) is 30.2 Å². The second kappa shape index (κ2) is 7.31. The zero-order chi connectivity index (χ0) is 16.8. The number of rotatable bonds is 5. The van der Waals surface area contributed by atoms with Crippen LogP contribution in [0.2, 0.25) is 0 Å². The third kappa shape index (κ3) is 4.47. The molecule has 1 amide bonds. The molecule has 0 bridgehead atoms. The number of phenols is 1. The molecule has 2 rings (SSSR count). The van der Waals surface area contributed by atoms with Crippen LogP contribution in [0.5, 0.6) is 11.5 Å². The van der Waals surface area contributed by atoms with Crippen molar-refractivity contribution in [3.05, 3.63) is 54.1 Å². The van der Waals surface area contributed by atoms with Crippen molar-refractivity contribution in [2.24, 2.45) is 0 Å². The lowest BCUT2D eigenvalue weighted by atomic mass is 10.2. The van der Waals surface area contributed by atoms with Crippen molar-refractivity contribution in [2.75, 3.05) is 12.4 Å². The first kappa shape index (κ1) is 16.4. The predicted octanol–water partition coefficient (Wildman–Crippen LogP) is 2.58. The van der Waals surface area contributed by atoms with Crippen LogP contribution in [0, 0.1) is 0 Å². The zero-order valence-corrected chi connectivity index (χ0v) is 12.8. The summed E-state index contributed by atoms with van der Waals surface area (Å²) >= 11 is 0. The van der Waals surface area contributed by atoms with E-state index in [2.05, 4.69) is 5.32 Å². The Morgan fingerprint density at radius 1 is 1.13 bits per heavy atom. The van der Waals surface area contributed by atoms with E-state index in [0.29, 0.717) is 11.4 Å². The summed E-state index contributed by atoms with van der Waals surface area (Å²) in [6, 6.07) is 12.4. The van der Waals surface area contributed by atoms with Gasteiger partial charge in [0.1, 0.15) is 11.5 Å². The molecule has 23 heavy (non-hydrogen) atoms. The van der Waals surface area contributed by atoms with Gasteiger partial charge in [0.2, 0.25) is 0 Å². The molecular weight excluding hydrogens is 298 g/mol. The molecule has 1 atom stereocenters. The fourth-order valence-corrected chi connectivity index (χ4v) is 1.82. The molecule has 0 aliphatic heterocycles. The first-order valence-electron chi connectivity index (χ1n) is 6.94. The van der Waals surface area contributed by atoms with E-state index in [1.54, 1.807) is 24.3 Å². The molecule has 0 heterocycles. The molecule has 0 unspecified atom stereocenters. The van der Waals surface area contributed by atoms with Crippen LogP contribution in [0.1, 0.15) is 17.3 Å². The number of hydrogen-bond donors (Lipinski definition) is 2. The Morgan fingerprint density at radius 3 is 2.48 bits per heavy atom. The van der Waals surface area contributed by atoms with Gasteiger partial charge in [0.15, 0.2) is 6.10 Å². The first-order chi connectivity index (χ1) is 11.0. The number of benzene rings is 2. The highest BCUT2D eigenvalue weighted by atomic mass is 16.5. The van der Waals surface area contributed by atoms with Crippen LogP contribution >= 0.6 is 0 Å². The second-order valence-corrected chi connectivity index (χ2v) is 4.82. The quantitative estimate of drug-likeness (QED) is 0.828. The van der Waals surface area contributed by atoms with E-state index < -0.39 is 18.0 Å². The van der Waals surface area contributed by atoms with E-state index in [9.17, 15) is 14.7 Å². The van der Waals surface area contributed by atoms with Gasteiger partial charge in [-0.05, 0) is 43.3 Å². The summed E-state index contributed by atoms with van der Waals surface area (Å²) in [6.07, 6.45) is -0.970. The van der Waals surface area contributed by atoms with E-state index in [1.165, 1.54) is 38.3 Å². The maximum Gasteiger partial charge on any atom is 0.338 e. The second-order valence-electron chi connectivity index (χ2n) is 4.82. The molecule has 2 N–H and O–H groups in total. The van der Waals surface area contributed by atoms with E-state index >= 15 is 0 Å². The summed E-state index contributed by atoms with van der Waals surface area (Å²) in [7, 11) is 1.53. The van der Waals surface area contributed by atoms with Crippen LogP contribution in [0.3, 0.4) is 0 Å². The van der Waals surface area contributed by atoms with Crippen LogP contribution in [0.4, 0.5) is 5.69 Å². The maximum absolute atomic E-state index is 12.1. The van der Waals surface area contributed by atoms with Crippen LogP contribution in [0.25, 0.3) is 0 Å². The van der Waals surface area contributed by atoms with Crippen molar-refractivity contribution in [1.82, 2.24) is 0 Å². The first-order valence-corrected chi connectivity index (χ1v) is 6.94. The van der Waals surface area contributed by atoms with Crippen molar-refractivity contribution < 1.29 is 24.2 Å². The van der Waals surface area contributed by atoms with Crippen molar-refractivity contribution in [3.8, 4) is 11.5 Å². The Bertz CT molecular complexity index is 696. The van der Waals surface area contributed by atoms with Gasteiger partial charge in [-0.25, -0.2) is 4.79 Å². The molecule has 2 aromatic carbocycles. The van der Waals surface area contributed by atoms with Crippen molar-refractivity contribution in [1.29, 1.82) is 0 Å². The minimum absolute atomic E-state index is 0.0466. The number of carbonyl (C=O) groups is 2. The number of phenolic OH excluding ortho intramolecular Hbond substituents is 1. The number of aromatic hydroxyl groups is 1. The predicted molar refractivity (Wildman–Crippen MR) is 84.6 cm³/mol. The zero-order valence-electron chi connectivity index (χ0n) is 12.8. The monoisotopic (exact) mass is 315 g/mol. The van der Waals surface area contributed by atoms with Gasteiger partial charge in [-0.15, -0.1) is 0 Å². The molecule has 0 fully saturated rings. The summed E-state index contributed by atoms with van der Waals surface area (Å²) in [5.41, 5.74) is 0.797. The van der Waals surface area contributed by atoms with Gasteiger partial charge in [-0.3, -0.25) is 4.79 Å². The number of ether oxygens (including phenoxy) is 2. The molecule has 0 saturated carbocycles. The lowest BCUT2D eigenvalue weighted by Crippen LogP contribution is -2.30. The van der Waals surface area contributed by atoms with Gasteiger partial charge >= 0.3 is 5.97 Å². The highest BCUT2D eigenvalue weighted by Gasteiger charge is 2.19. The minimum atomic E-state index is -0.970. The normalized spacial score (nSPS) is 11.4. The Morgan fingerprint density at radius 2 is 1.83 bits per heavy atom. The number of amides is 1. The fraction of sp³-hybridized carbons (Fsp3) is 0.176. The van der Waals surface area contributed by atoms with Crippen molar-refractivity contribution in [3.63, 3.8) is 0 Å². The number of anilines is 1. The largest absolute Gasteiger partial charge is 0.508 e. The Hall–Kier alpha value is -3.02. The SMILES string of the molecule is COc1cccc(NC(=O)[C@H](C)OC(=O)c2ccc(O)cc2)c1.